The maximum absolute atomic E-state index is 13.1. The van der Waals surface area contributed by atoms with Crippen LogP contribution in [0.25, 0.3) is 0 Å². The minimum atomic E-state index is -4.81. The Morgan fingerprint density at radius 2 is 2.04 bits per heavy atom. The summed E-state index contributed by atoms with van der Waals surface area (Å²) in [7, 11) is -2.38. The number of hydrogen-bond acceptors (Lipinski definition) is 4. The largest absolute Gasteiger partial charge is 0.434 e. The van der Waals surface area contributed by atoms with Crippen LogP contribution in [0.1, 0.15) is 25.5 Å². The minimum Gasteiger partial charge on any atom is -0.305 e. The van der Waals surface area contributed by atoms with E-state index in [1.165, 1.54) is 10.4 Å². The van der Waals surface area contributed by atoms with Crippen molar-refractivity contribution in [2.75, 3.05) is 26.7 Å². The molecule has 5 nitrogen and oxygen atoms in total. The van der Waals surface area contributed by atoms with Crippen molar-refractivity contribution in [3.05, 3.63) is 24.0 Å². The fourth-order valence-electron chi connectivity index (χ4n) is 2.81. The number of nitrogens with zero attached hydrogens (tertiary/aromatic N) is 3. The Morgan fingerprint density at radius 1 is 1.35 bits per heavy atom. The molecule has 130 valence electrons. The number of sulfonamides is 1. The number of rotatable bonds is 3. The topological polar surface area (TPSA) is 53.5 Å². The van der Waals surface area contributed by atoms with Gasteiger partial charge in [0.2, 0.25) is 10.0 Å². The van der Waals surface area contributed by atoms with Gasteiger partial charge in [-0.05, 0) is 38.6 Å². The predicted molar refractivity (Wildman–Crippen MR) is 79.3 cm³/mol. The molecule has 23 heavy (non-hydrogen) atoms. The highest BCUT2D eigenvalue weighted by Gasteiger charge is 2.42. The van der Waals surface area contributed by atoms with Gasteiger partial charge in [-0.15, -0.1) is 0 Å². The third kappa shape index (κ3) is 3.84. The van der Waals surface area contributed by atoms with Crippen LogP contribution >= 0.6 is 0 Å². The first-order valence-corrected chi connectivity index (χ1v) is 8.84. The molecule has 9 heteroatoms. The summed E-state index contributed by atoms with van der Waals surface area (Å²) in [5.74, 6) is 0. The monoisotopic (exact) mass is 351 g/mol. The van der Waals surface area contributed by atoms with Crippen molar-refractivity contribution >= 4 is 10.0 Å². The molecule has 1 atom stereocenters. The van der Waals surface area contributed by atoms with Crippen LogP contribution in [0, 0.1) is 0 Å². The summed E-state index contributed by atoms with van der Waals surface area (Å²) in [6, 6.07) is 1.84. The van der Waals surface area contributed by atoms with E-state index in [0.29, 0.717) is 25.9 Å². The van der Waals surface area contributed by atoms with Gasteiger partial charge in [0.15, 0.2) is 5.69 Å². The molecule has 0 N–H and O–H groups in total. The molecule has 1 aliphatic rings. The van der Waals surface area contributed by atoms with Crippen LogP contribution in [-0.2, 0) is 16.2 Å². The van der Waals surface area contributed by atoms with Gasteiger partial charge in [-0.1, -0.05) is 6.92 Å². The Labute approximate surface area is 134 Å². The molecule has 0 amide bonds. The van der Waals surface area contributed by atoms with E-state index in [-0.39, 0.29) is 12.6 Å². The Kier molecular flexibility index (Phi) is 5.32. The number of aromatic nitrogens is 1. The zero-order valence-corrected chi connectivity index (χ0v) is 13.9. The fraction of sp³-hybridized carbons (Fsp3) is 0.643. The van der Waals surface area contributed by atoms with Crippen molar-refractivity contribution < 1.29 is 21.6 Å². The van der Waals surface area contributed by atoms with Crippen molar-refractivity contribution in [1.82, 2.24) is 14.2 Å². The molecule has 0 aromatic carbocycles. The summed E-state index contributed by atoms with van der Waals surface area (Å²) in [5, 5.41) is 0. The number of pyridine rings is 1. The van der Waals surface area contributed by atoms with Crippen LogP contribution in [0.3, 0.4) is 0 Å². The van der Waals surface area contributed by atoms with E-state index in [0.717, 1.165) is 12.3 Å². The lowest BCUT2D eigenvalue weighted by molar-refractivity contribution is -0.143. The van der Waals surface area contributed by atoms with E-state index in [1.54, 1.807) is 0 Å². The summed E-state index contributed by atoms with van der Waals surface area (Å²) in [4.78, 5) is 4.49. The number of likely N-dealkylation sites (N-methyl/N-ethyl adjacent to an activating group) is 1. The Morgan fingerprint density at radius 3 is 2.65 bits per heavy atom. The van der Waals surface area contributed by atoms with Gasteiger partial charge in [0, 0.05) is 25.3 Å². The molecule has 1 unspecified atom stereocenters. The first kappa shape index (κ1) is 18.2. The molecule has 1 aromatic rings. The average molecular weight is 351 g/mol. The molecule has 0 bridgehead atoms. The predicted octanol–water partition coefficient (Wildman–Crippen LogP) is 2.21. The molecule has 0 aliphatic carbocycles. The third-order valence-corrected chi connectivity index (χ3v) is 5.93. The molecule has 2 heterocycles. The fourth-order valence-corrected chi connectivity index (χ4v) is 4.70. The van der Waals surface area contributed by atoms with Gasteiger partial charge in [0.05, 0.1) is 0 Å². The standard InChI is InChI=1S/C14H20F3N3O2S/c1-3-11-10-19(2)8-5-9-20(11)23(21,22)12-6-4-7-18-13(12)14(15,16)17/h4,6-7,11H,3,5,8-10H2,1-2H3. The molecule has 1 saturated heterocycles. The van der Waals surface area contributed by atoms with E-state index in [2.05, 4.69) is 4.98 Å². The van der Waals surface area contributed by atoms with Crippen molar-refractivity contribution in [3.63, 3.8) is 0 Å². The zero-order chi connectivity index (χ0) is 17.3. The zero-order valence-electron chi connectivity index (χ0n) is 13.0. The van der Waals surface area contributed by atoms with Crippen molar-refractivity contribution in [3.8, 4) is 0 Å². The summed E-state index contributed by atoms with van der Waals surface area (Å²) < 4.78 is 66.2. The average Bonchev–Trinajstić information content (AvgIpc) is 2.68. The normalized spacial score (nSPS) is 22.0. The van der Waals surface area contributed by atoms with E-state index in [1.807, 2.05) is 18.9 Å². The SMILES string of the molecule is CCC1CN(C)CCCN1S(=O)(=O)c1cccnc1C(F)(F)F. The molecule has 1 fully saturated rings. The van der Waals surface area contributed by atoms with Gasteiger partial charge in [-0.2, -0.15) is 17.5 Å². The summed E-state index contributed by atoms with van der Waals surface area (Å²) in [6.45, 7) is 3.25. The van der Waals surface area contributed by atoms with Gasteiger partial charge in [-0.25, -0.2) is 8.42 Å². The highest BCUT2D eigenvalue weighted by Crippen LogP contribution is 2.34. The first-order valence-electron chi connectivity index (χ1n) is 7.40. The Bertz CT molecular complexity index is 649. The lowest BCUT2D eigenvalue weighted by atomic mass is 10.2. The molecule has 0 saturated carbocycles. The summed E-state index contributed by atoms with van der Waals surface area (Å²) in [5.41, 5.74) is -1.35. The number of halogens is 3. The van der Waals surface area contributed by atoms with Gasteiger partial charge in [0.25, 0.3) is 0 Å². The smallest absolute Gasteiger partial charge is 0.305 e. The molecule has 1 aromatic heterocycles. The second-order valence-electron chi connectivity index (χ2n) is 5.64. The van der Waals surface area contributed by atoms with Crippen LogP contribution in [-0.4, -0.2) is 55.3 Å². The van der Waals surface area contributed by atoms with Crippen LogP contribution < -0.4 is 0 Å². The van der Waals surface area contributed by atoms with Gasteiger partial charge in [-0.3, -0.25) is 4.98 Å². The highest BCUT2D eigenvalue weighted by atomic mass is 32.2. The van der Waals surface area contributed by atoms with Crippen LogP contribution in [0.5, 0.6) is 0 Å². The van der Waals surface area contributed by atoms with E-state index in [4.69, 9.17) is 0 Å². The quantitative estimate of drug-likeness (QED) is 0.838. The lowest BCUT2D eigenvalue weighted by Crippen LogP contribution is -2.44. The molecular weight excluding hydrogens is 331 g/mol. The number of alkyl halides is 3. The molecule has 1 aliphatic heterocycles. The van der Waals surface area contributed by atoms with Crippen molar-refractivity contribution in [2.45, 2.75) is 36.9 Å². The maximum atomic E-state index is 13.1. The van der Waals surface area contributed by atoms with E-state index >= 15 is 0 Å². The van der Waals surface area contributed by atoms with Crippen LogP contribution in [0.15, 0.2) is 23.2 Å². The Hall–Kier alpha value is -1.19. The summed E-state index contributed by atoms with van der Waals surface area (Å²) >= 11 is 0. The second kappa shape index (κ2) is 6.74. The maximum Gasteiger partial charge on any atom is 0.434 e. The third-order valence-electron chi connectivity index (χ3n) is 3.95. The lowest BCUT2D eigenvalue weighted by Gasteiger charge is -2.30. The van der Waals surface area contributed by atoms with E-state index in [9.17, 15) is 21.6 Å². The second-order valence-corrected chi connectivity index (χ2v) is 7.50. The highest BCUT2D eigenvalue weighted by molar-refractivity contribution is 7.89. The van der Waals surface area contributed by atoms with Gasteiger partial charge >= 0.3 is 6.18 Å². The number of hydrogen-bond donors (Lipinski definition) is 0. The van der Waals surface area contributed by atoms with Crippen LogP contribution in [0.4, 0.5) is 13.2 Å². The van der Waals surface area contributed by atoms with Crippen LogP contribution in [0.2, 0.25) is 0 Å². The van der Waals surface area contributed by atoms with Crippen molar-refractivity contribution in [2.24, 2.45) is 0 Å². The molecule has 0 spiro atoms. The minimum absolute atomic E-state index is 0.206. The molecule has 2 rings (SSSR count). The van der Waals surface area contributed by atoms with Crippen molar-refractivity contribution in [1.29, 1.82) is 0 Å². The summed E-state index contributed by atoms with van der Waals surface area (Å²) in [6.07, 6.45) is -2.75. The first-order chi connectivity index (χ1) is 10.7. The van der Waals surface area contributed by atoms with Gasteiger partial charge in [0.1, 0.15) is 4.90 Å². The van der Waals surface area contributed by atoms with E-state index < -0.39 is 26.8 Å². The molecule has 0 radical (unpaired) electrons. The van der Waals surface area contributed by atoms with Gasteiger partial charge < -0.3 is 4.90 Å². The molecular formula is C14H20F3N3O2S. The Balaban J connectivity index is 2.49.